The molecule has 0 radical (unpaired) electrons. The maximum Gasteiger partial charge on any atom is 0.322 e. The van der Waals surface area contributed by atoms with Gasteiger partial charge in [0.1, 0.15) is 5.76 Å². The molecule has 8 heteroatoms. The smallest absolute Gasteiger partial charge is 0.322 e. The van der Waals surface area contributed by atoms with E-state index in [1.807, 2.05) is 12.1 Å². The minimum Gasteiger partial charge on any atom is -0.480 e. The first-order chi connectivity index (χ1) is 9.35. The molecule has 0 spiro atoms. The fourth-order valence-electron chi connectivity index (χ4n) is 1.43. The lowest BCUT2D eigenvalue weighted by molar-refractivity contribution is 0.402. The fourth-order valence-corrected chi connectivity index (χ4v) is 2.07. The Morgan fingerprint density at radius 3 is 3.16 bits per heavy atom. The molecule has 0 aromatic carbocycles. The van der Waals surface area contributed by atoms with Crippen LogP contribution in [0.3, 0.4) is 0 Å². The van der Waals surface area contributed by atoms with Crippen molar-refractivity contribution >= 4 is 17.5 Å². The van der Waals surface area contributed by atoms with E-state index in [2.05, 4.69) is 19.8 Å². The monoisotopic (exact) mass is 278 g/mol. The normalized spacial score (nSPS) is 10.6. The van der Waals surface area contributed by atoms with Crippen molar-refractivity contribution in [1.82, 2.24) is 14.5 Å². The summed E-state index contributed by atoms with van der Waals surface area (Å²) in [4.78, 5) is 5.00. The quantitative estimate of drug-likeness (QED) is 0.766. The summed E-state index contributed by atoms with van der Waals surface area (Å²) in [6.45, 7) is 0.487. The van der Waals surface area contributed by atoms with Gasteiger partial charge in [-0.3, -0.25) is 0 Å². The van der Waals surface area contributed by atoms with E-state index < -0.39 is 0 Å². The van der Waals surface area contributed by atoms with E-state index >= 15 is 0 Å². The van der Waals surface area contributed by atoms with Crippen molar-refractivity contribution in [1.29, 1.82) is 0 Å². The van der Waals surface area contributed by atoms with Crippen LogP contribution in [-0.4, -0.2) is 21.6 Å². The minimum atomic E-state index is 0.332. The van der Waals surface area contributed by atoms with Gasteiger partial charge in [0.25, 0.3) is 0 Å². The van der Waals surface area contributed by atoms with Gasteiger partial charge in [0.2, 0.25) is 11.7 Å². The van der Waals surface area contributed by atoms with E-state index in [1.54, 1.807) is 19.4 Å². The van der Waals surface area contributed by atoms with Crippen LogP contribution in [0.25, 0.3) is 10.7 Å². The fraction of sp³-hybridized carbons (Fsp3) is 0.182. The van der Waals surface area contributed by atoms with Crippen LogP contribution in [0.1, 0.15) is 5.76 Å². The van der Waals surface area contributed by atoms with Crippen molar-refractivity contribution in [3.63, 3.8) is 0 Å². The third-order valence-electron chi connectivity index (χ3n) is 2.34. The third-order valence-corrected chi connectivity index (χ3v) is 3.11. The van der Waals surface area contributed by atoms with Gasteiger partial charge in [-0.2, -0.15) is 9.36 Å². The number of nitrogens with zero attached hydrogens (tertiary/aromatic N) is 3. The van der Waals surface area contributed by atoms with E-state index in [4.69, 9.17) is 13.7 Å². The summed E-state index contributed by atoms with van der Waals surface area (Å²) < 4.78 is 19.3. The molecule has 98 valence electrons. The van der Waals surface area contributed by atoms with Gasteiger partial charge in [0, 0.05) is 6.07 Å². The lowest BCUT2D eigenvalue weighted by Gasteiger charge is -1.95. The molecule has 19 heavy (non-hydrogen) atoms. The predicted octanol–water partition coefficient (Wildman–Crippen LogP) is 2.41. The van der Waals surface area contributed by atoms with Crippen LogP contribution in [-0.2, 0) is 6.54 Å². The molecule has 7 nitrogen and oxygen atoms in total. The predicted molar refractivity (Wildman–Crippen MR) is 68.0 cm³/mol. The number of rotatable bonds is 5. The molecule has 0 amide bonds. The summed E-state index contributed by atoms with van der Waals surface area (Å²) in [5, 5.41) is 6.85. The van der Waals surface area contributed by atoms with Crippen molar-refractivity contribution in [3.8, 4) is 16.6 Å². The SMILES string of the molecule is COc1cc(-c2noc(NCc3ccco3)n2)sn1. The highest BCUT2D eigenvalue weighted by molar-refractivity contribution is 7.09. The Balaban J connectivity index is 1.68. The first-order valence-corrected chi connectivity index (χ1v) is 6.23. The average Bonchev–Trinajstić information content (AvgIpc) is 3.16. The molecule has 3 heterocycles. The molecule has 3 rings (SSSR count). The van der Waals surface area contributed by atoms with E-state index in [0.717, 1.165) is 10.6 Å². The average molecular weight is 278 g/mol. The molecule has 0 saturated carbocycles. The molecule has 0 fully saturated rings. The molecule has 0 bridgehead atoms. The minimum absolute atomic E-state index is 0.332. The summed E-state index contributed by atoms with van der Waals surface area (Å²) in [6, 6.07) is 5.77. The number of hydrogen-bond acceptors (Lipinski definition) is 8. The first-order valence-electron chi connectivity index (χ1n) is 5.46. The zero-order chi connectivity index (χ0) is 13.1. The van der Waals surface area contributed by atoms with Gasteiger partial charge in [-0.25, -0.2) is 0 Å². The highest BCUT2D eigenvalue weighted by Gasteiger charge is 2.12. The van der Waals surface area contributed by atoms with Gasteiger partial charge in [0.15, 0.2) is 0 Å². The Hall–Kier alpha value is -2.35. The lowest BCUT2D eigenvalue weighted by Crippen LogP contribution is -1.97. The molecule has 0 saturated heterocycles. The summed E-state index contributed by atoms with van der Waals surface area (Å²) in [6.07, 6.45) is 1.61. The molecule has 0 unspecified atom stereocenters. The summed E-state index contributed by atoms with van der Waals surface area (Å²) in [7, 11) is 1.56. The second-order valence-corrected chi connectivity index (χ2v) is 4.39. The van der Waals surface area contributed by atoms with Crippen LogP contribution >= 0.6 is 11.5 Å². The van der Waals surface area contributed by atoms with Crippen LogP contribution in [0.4, 0.5) is 6.01 Å². The lowest BCUT2D eigenvalue weighted by atomic mass is 10.4. The second-order valence-electron chi connectivity index (χ2n) is 3.59. The highest BCUT2D eigenvalue weighted by Crippen LogP contribution is 2.26. The molecular formula is C11H10N4O3S. The van der Waals surface area contributed by atoms with Gasteiger partial charge in [-0.15, -0.1) is 0 Å². The van der Waals surface area contributed by atoms with E-state index in [-0.39, 0.29) is 0 Å². The molecule has 1 N–H and O–H groups in total. The van der Waals surface area contributed by atoms with E-state index in [0.29, 0.717) is 24.3 Å². The zero-order valence-electron chi connectivity index (χ0n) is 9.99. The largest absolute Gasteiger partial charge is 0.480 e. The van der Waals surface area contributed by atoms with Crippen LogP contribution in [0.2, 0.25) is 0 Å². The Labute approximate surface area is 112 Å². The Kier molecular flexibility index (Phi) is 3.15. The number of ether oxygens (including phenoxy) is 1. The topological polar surface area (TPSA) is 86.2 Å². The molecule has 0 aliphatic carbocycles. The molecule has 3 aromatic heterocycles. The summed E-state index contributed by atoms with van der Waals surface area (Å²) >= 11 is 1.25. The highest BCUT2D eigenvalue weighted by atomic mass is 32.1. The van der Waals surface area contributed by atoms with Crippen molar-refractivity contribution < 1.29 is 13.7 Å². The Morgan fingerprint density at radius 1 is 1.47 bits per heavy atom. The van der Waals surface area contributed by atoms with Gasteiger partial charge >= 0.3 is 6.01 Å². The van der Waals surface area contributed by atoms with Crippen molar-refractivity contribution in [2.45, 2.75) is 6.54 Å². The number of hydrogen-bond donors (Lipinski definition) is 1. The first kappa shape index (κ1) is 11.7. The second kappa shape index (κ2) is 5.11. The molecular weight excluding hydrogens is 268 g/mol. The maximum absolute atomic E-state index is 5.19. The maximum atomic E-state index is 5.19. The standard InChI is InChI=1S/C11H10N4O3S/c1-16-9-5-8(19-15-9)10-13-11(18-14-10)12-6-7-3-2-4-17-7/h2-5H,6H2,1H3,(H,12,13,14). The number of furan rings is 1. The number of nitrogens with one attached hydrogen (secondary N) is 1. The summed E-state index contributed by atoms with van der Waals surface area (Å²) in [5.74, 6) is 1.80. The van der Waals surface area contributed by atoms with E-state index in [1.165, 1.54) is 11.5 Å². The van der Waals surface area contributed by atoms with Crippen molar-refractivity contribution in [2.75, 3.05) is 12.4 Å². The Bertz CT molecular complexity index is 647. The van der Waals surface area contributed by atoms with Crippen molar-refractivity contribution in [2.24, 2.45) is 0 Å². The molecule has 0 atom stereocenters. The van der Waals surface area contributed by atoms with Crippen molar-refractivity contribution in [3.05, 3.63) is 30.2 Å². The third kappa shape index (κ3) is 2.58. The van der Waals surface area contributed by atoms with E-state index in [9.17, 15) is 0 Å². The molecule has 3 aromatic rings. The molecule has 0 aliphatic rings. The van der Waals surface area contributed by atoms with Crippen LogP contribution in [0, 0.1) is 0 Å². The zero-order valence-corrected chi connectivity index (χ0v) is 10.8. The van der Waals surface area contributed by atoms with Crippen LogP contribution < -0.4 is 10.1 Å². The number of methoxy groups -OCH3 is 1. The number of anilines is 1. The van der Waals surface area contributed by atoms with Gasteiger partial charge in [-0.1, -0.05) is 5.16 Å². The van der Waals surface area contributed by atoms with Crippen LogP contribution in [0.5, 0.6) is 5.88 Å². The van der Waals surface area contributed by atoms with Gasteiger partial charge in [0.05, 0.1) is 24.8 Å². The Morgan fingerprint density at radius 2 is 2.42 bits per heavy atom. The summed E-state index contributed by atoms with van der Waals surface area (Å²) in [5.41, 5.74) is 0. The molecule has 0 aliphatic heterocycles. The van der Waals surface area contributed by atoms with Gasteiger partial charge in [-0.05, 0) is 23.7 Å². The number of aromatic nitrogens is 3. The van der Waals surface area contributed by atoms with Crippen LogP contribution in [0.15, 0.2) is 33.4 Å². The van der Waals surface area contributed by atoms with Gasteiger partial charge < -0.3 is 19.0 Å².